The highest BCUT2D eigenvalue weighted by molar-refractivity contribution is 5.83. The third-order valence-corrected chi connectivity index (χ3v) is 2.78. The first-order valence-corrected chi connectivity index (χ1v) is 5.41. The fourth-order valence-electron chi connectivity index (χ4n) is 1.95. The Morgan fingerprint density at radius 2 is 2.28 bits per heavy atom. The Kier molecular flexibility index (Phi) is 2.33. The summed E-state index contributed by atoms with van der Waals surface area (Å²) in [6.07, 6.45) is 3.19. The Hall–Kier alpha value is -2.63. The molecule has 0 spiro atoms. The number of aromatic amines is 2. The molecule has 0 aliphatic carbocycles. The summed E-state index contributed by atoms with van der Waals surface area (Å²) in [4.78, 5) is 17.9. The Bertz CT molecular complexity index is 714. The summed E-state index contributed by atoms with van der Waals surface area (Å²) >= 11 is 0. The first kappa shape index (κ1) is 10.5. The van der Waals surface area contributed by atoms with Gasteiger partial charge >= 0.3 is 5.97 Å². The highest BCUT2D eigenvalue weighted by Crippen LogP contribution is 2.25. The van der Waals surface area contributed by atoms with Crippen molar-refractivity contribution in [3.63, 3.8) is 0 Å². The fourth-order valence-corrected chi connectivity index (χ4v) is 1.95. The molecule has 2 aromatic heterocycles. The van der Waals surface area contributed by atoms with Gasteiger partial charge in [0.15, 0.2) is 0 Å². The zero-order chi connectivity index (χ0) is 12.5. The van der Waals surface area contributed by atoms with Gasteiger partial charge in [0.05, 0.1) is 35.7 Å². The maximum Gasteiger partial charge on any atom is 0.309 e. The van der Waals surface area contributed by atoms with Crippen molar-refractivity contribution in [3.05, 3.63) is 36.4 Å². The van der Waals surface area contributed by atoms with Crippen LogP contribution in [-0.4, -0.2) is 31.2 Å². The van der Waals surface area contributed by atoms with Crippen molar-refractivity contribution in [3.8, 4) is 11.1 Å². The molecular weight excluding hydrogens is 232 g/mol. The second-order valence-corrected chi connectivity index (χ2v) is 3.97. The van der Waals surface area contributed by atoms with Crippen LogP contribution in [0.3, 0.4) is 0 Å². The smallest absolute Gasteiger partial charge is 0.309 e. The predicted octanol–water partition coefficient (Wildman–Crippen LogP) is 1.58. The molecule has 0 amide bonds. The Morgan fingerprint density at radius 3 is 3.11 bits per heavy atom. The molecule has 0 fully saturated rings. The van der Waals surface area contributed by atoms with Crippen molar-refractivity contribution < 1.29 is 9.90 Å². The summed E-state index contributed by atoms with van der Waals surface area (Å²) in [5, 5.41) is 15.5. The fraction of sp³-hybridized carbons (Fsp3) is 0.0833. The number of benzene rings is 1. The lowest BCUT2D eigenvalue weighted by Gasteiger charge is -2.01. The second-order valence-electron chi connectivity index (χ2n) is 3.97. The number of carboxylic acid groups (broad SMARTS) is 1. The molecule has 18 heavy (non-hydrogen) atoms. The van der Waals surface area contributed by atoms with E-state index >= 15 is 0 Å². The van der Waals surface area contributed by atoms with E-state index in [0.717, 1.165) is 22.2 Å². The molecule has 0 unspecified atom stereocenters. The molecule has 0 radical (unpaired) electrons. The third kappa shape index (κ3) is 1.73. The normalized spacial score (nSPS) is 10.9. The van der Waals surface area contributed by atoms with Crippen LogP contribution < -0.4 is 0 Å². The van der Waals surface area contributed by atoms with Gasteiger partial charge in [0.25, 0.3) is 0 Å². The van der Waals surface area contributed by atoms with E-state index in [9.17, 15) is 4.79 Å². The lowest BCUT2D eigenvalue weighted by atomic mass is 10.0. The molecule has 0 aliphatic rings. The number of fused-ring (bicyclic) bond motifs is 1. The van der Waals surface area contributed by atoms with Crippen LogP contribution in [0.2, 0.25) is 0 Å². The molecule has 0 atom stereocenters. The van der Waals surface area contributed by atoms with E-state index < -0.39 is 5.97 Å². The van der Waals surface area contributed by atoms with Gasteiger partial charge in [0.2, 0.25) is 0 Å². The number of aliphatic carboxylic acids is 1. The first-order valence-electron chi connectivity index (χ1n) is 5.41. The number of rotatable bonds is 3. The molecule has 6 heteroatoms. The molecule has 3 N–H and O–H groups in total. The maximum atomic E-state index is 10.8. The number of hydrogen-bond acceptors (Lipinski definition) is 3. The molecule has 3 rings (SSSR count). The van der Waals surface area contributed by atoms with Gasteiger partial charge in [-0.1, -0.05) is 6.07 Å². The van der Waals surface area contributed by atoms with Crippen molar-refractivity contribution in [1.29, 1.82) is 0 Å². The lowest BCUT2D eigenvalue weighted by molar-refractivity contribution is -0.136. The Morgan fingerprint density at radius 1 is 1.39 bits per heavy atom. The monoisotopic (exact) mass is 242 g/mol. The molecule has 0 saturated heterocycles. The van der Waals surface area contributed by atoms with Crippen LogP contribution in [0.25, 0.3) is 22.2 Å². The first-order chi connectivity index (χ1) is 8.74. The maximum absolute atomic E-state index is 10.8. The topological polar surface area (TPSA) is 94.7 Å². The van der Waals surface area contributed by atoms with E-state index in [2.05, 4.69) is 20.2 Å². The quantitative estimate of drug-likeness (QED) is 0.649. The van der Waals surface area contributed by atoms with Crippen LogP contribution in [-0.2, 0) is 11.2 Å². The number of nitrogens with one attached hydrogen (secondary N) is 2. The standard InChI is InChI=1S/C12H10N4O2/c17-12(18)4-10-8(5-15-16-10)7-1-2-9-11(3-7)14-6-13-9/h1-3,5-6H,4H2,(H,13,14)(H,15,16)(H,17,18). The van der Waals surface area contributed by atoms with Crippen LogP contribution in [0.4, 0.5) is 0 Å². The van der Waals surface area contributed by atoms with E-state index in [0.29, 0.717) is 5.69 Å². The number of carbonyl (C=O) groups is 1. The van der Waals surface area contributed by atoms with E-state index in [-0.39, 0.29) is 6.42 Å². The second kappa shape index (κ2) is 3.99. The number of H-pyrrole nitrogens is 2. The minimum atomic E-state index is -0.886. The van der Waals surface area contributed by atoms with Gasteiger partial charge in [-0.25, -0.2) is 4.98 Å². The molecule has 0 aliphatic heterocycles. The van der Waals surface area contributed by atoms with Gasteiger partial charge in [-0.2, -0.15) is 5.10 Å². The third-order valence-electron chi connectivity index (χ3n) is 2.78. The van der Waals surface area contributed by atoms with E-state index in [1.807, 2.05) is 18.2 Å². The van der Waals surface area contributed by atoms with Gasteiger partial charge < -0.3 is 10.1 Å². The summed E-state index contributed by atoms with van der Waals surface area (Å²) in [6, 6.07) is 5.72. The van der Waals surface area contributed by atoms with Crippen LogP contribution in [0.1, 0.15) is 5.69 Å². The largest absolute Gasteiger partial charge is 0.481 e. The number of nitrogens with zero attached hydrogens (tertiary/aromatic N) is 2. The molecule has 2 heterocycles. The van der Waals surface area contributed by atoms with Gasteiger partial charge in [-0.05, 0) is 17.7 Å². The van der Waals surface area contributed by atoms with Gasteiger partial charge in [-0.15, -0.1) is 0 Å². The van der Waals surface area contributed by atoms with Gasteiger partial charge in [-0.3, -0.25) is 9.89 Å². The summed E-state index contributed by atoms with van der Waals surface area (Å²) in [7, 11) is 0. The summed E-state index contributed by atoms with van der Waals surface area (Å²) in [5.74, 6) is -0.886. The lowest BCUT2D eigenvalue weighted by Crippen LogP contribution is -2.01. The molecular formula is C12H10N4O2. The van der Waals surface area contributed by atoms with Gasteiger partial charge in [0.1, 0.15) is 0 Å². The van der Waals surface area contributed by atoms with Gasteiger partial charge in [0, 0.05) is 5.56 Å². The summed E-state index contributed by atoms with van der Waals surface area (Å²) < 4.78 is 0. The molecule has 1 aromatic carbocycles. The summed E-state index contributed by atoms with van der Waals surface area (Å²) in [6.45, 7) is 0. The highest BCUT2D eigenvalue weighted by Gasteiger charge is 2.11. The minimum Gasteiger partial charge on any atom is -0.481 e. The van der Waals surface area contributed by atoms with E-state index in [4.69, 9.17) is 5.11 Å². The number of aromatic nitrogens is 4. The van der Waals surface area contributed by atoms with Crippen molar-refractivity contribution >= 4 is 17.0 Å². The van der Waals surface area contributed by atoms with E-state index in [1.165, 1.54) is 0 Å². The average molecular weight is 242 g/mol. The van der Waals surface area contributed by atoms with Crippen molar-refractivity contribution in [2.45, 2.75) is 6.42 Å². The average Bonchev–Trinajstić information content (AvgIpc) is 2.95. The van der Waals surface area contributed by atoms with Crippen molar-refractivity contribution in [2.24, 2.45) is 0 Å². The molecule has 6 nitrogen and oxygen atoms in total. The molecule has 0 bridgehead atoms. The van der Waals surface area contributed by atoms with Crippen molar-refractivity contribution in [2.75, 3.05) is 0 Å². The zero-order valence-electron chi connectivity index (χ0n) is 9.34. The SMILES string of the molecule is O=C(O)Cc1[nH]ncc1-c1ccc2nc[nH]c2c1. The van der Waals surface area contributed by atoms with E-state index in [1.54, 1.807) is 12.5 Å². The number of carboxylic acids is 1. The molecule has 90 valence electrons. The number of imidazole rings is 1. The van der Waals surface area contributed by atoms with Crippen molar-refractivity contribution in [1.82, 2.24) is 20.2 Å². The van der Waals surface area contributed by atoms with Crippen LogP contribution in [0.15, 0.2) is 30.7 Å². The predicted molar refractivity (Wildman–Crippen MR) is 65.0 cm³/mol. The Labute approximate surface area is 102 Å². The molecule has 0 saturated carbocycles. The zero-order valence-corrected chi connectivity index (χ0v) is 9.34. The highest BCUT2D eigenvalue weighted by atomic mass is 16.4. The number of hydrogen-bond donors (Lipinski definition) is 3. The Balaban J connectivity index is 2.08. The van der Waals surface area contributed by atoms with Crippen LogP contribution >= 0.6 is 0 Å². The summed E-state index contributed by atoms with van der Waals surface area (Å²) in [5.41, 5.74) is 4.10. The molecule has 3 aromatic rings. The minimum absolute atomic E-state index is 0.0731. The van der Waals surface area contributed by atoms with Crippen LogP contribution in [0, 0.1) is 0 Å². The van der Waals surface area contributed by atoms with Crippen LogP contribution in [0.5, 0.6) is 0 Å².